The average molecular weight is 145 g/mol. The lowest BCUT2D eigenvalue weighted by molar-refractivity contribution is 0.902. The molecule has 1 aliphatic rings. The topological polar surface area (TPSA) is 3.24 Å². The van der Waals surface area contributed by atoms with E-state index in [0.717, 1.165) is 13.0 Å². The number of rotatable bonds is 1. The van der Waals surface area contributed by atoms with Crippen LogP contribution in [0, 0.1) is 6.92 Å². The summed E-state index contributed by atoms with van der Waals surface area (Å²) < 4.78 is 0. The van der Waals surface area contributed by atoms with E-state index in [9.17, 15) is 0 Å². The monoisotopic (exact) mass is 145 g/mol. The highest BCUT2D eigenvalue weighted by atomic mass is 15.1. The van der Waals surface area contributed by atoms with E-state index in [1.165, 1.54) is 11.3 Å². The van der Waals surface area contributed by atoms with Crippen molar-refractivity contribution < 1.29 is 0 Å². The highest BCUT2D eigenvalue weighted by Crippen LogP contribution is 2.26. The lowest BCUT2D eigenvalue weighted by Gasteiger charge is -2.15. The summed E-state index contributed by atoms with van der Waals surface area (Å²) in [6.07, 6.45) is 1.15. The van der Waals surface area contributed by atoms with E-state index in [0.29, 0.717) is 6.54 Å². The minimum absolute atomic E-state index is 0.636. The maximum Gasteiger partial charge on any atom is 0.0399 e. The molecule has 0 aliphatic carbocycles. The van der Waals surface area contributed by atoms with Crippen LogP contribution in [0.4, 0.5) is 5.69 Å². The Morgan fingerprint density at radius 3 is 3.00 bits per heavy atom. The van der Waals surface area contributed by atoms with Gasteiger partial charge in [0.25, 0.3) is 0 Å². The van der Waals surface area contributed by atoms with Gasteiger partial charge in [0.15, 0.2) is 0 Å². The second kappa shape index (κ2) is 2.57. The molecule has 0 fully saturated rings. The quantitative estimate of drug-likeness (QED) is 0.582. The van der Waals surface area contributed by atoms with Gasteiger partial charge in [-0.25, -0.2) is 0 Å². The summed E-state index contributed by atoms with van der Waals surface area (Å²) in [4.78, 5) is 2.20. The van der Waals surface area contributed by atoms with E-state index >= 15 is 0 Å². The van der Waals surface area contributed by atoms with Crippen molar-refractivity contribution in [3.63, 3.8) is 0 Å². The van der Waals surface area contributed by atoms with Crippen LogP contribution in [0.5, 0.6) is 0 Å². The van der Waals surface area contributed by atoms with Crippen LogP contribution < -0.4 is 4.90 Å². The summed E-state index contributed by atoms with van der Waals surface area (Å²) in [5.41, 5.74) is 2.74. The number of hydrogen-bond acceptors (Lipinski definition) is 1. The zero-order valence-corrected chi connectivity index (χ0v) is 6.46. The number of benzene rings is 1. The molecule has 11 heavy (non-hydrogen) atoms. The third-order valence-corrected chi connectivity index (χ3v) is 2.20. The smallest absolute Gasteiger partial charge is 0.0399 e. The van der Waals surface area contributed by atoms with Gasteiger partial charge in [-0.15, -0.1) is 0 Å². The molecule has 0 aromatic heterocycles. The van der Waals surface area contributed by atoms with Crippen LogP contribution in [0.15, 0.2) is 24.3 Å². The van der Waals surface area contributed by atoms with Crippen LogP contribution in [-0.2, 0) is 6.42 Å². The van der Waals surface area contributed by atoms with Gasteiger partial charge in [0.05, 0.1) is 0 Å². The lowest BCUT2D eigenvalue weighted by Crippen LogP contribution is -2.19. The second-order valence-electron chi connectivity index (χ2n) is 2.82. The lowest BCUT2D eigenvalue weighted by atomic mass is 10.2. The molecular formula is C10H11N. The number of anilines is 1. The first-order valence-electron chi connectivity index (χ1n) is 3.95. The Bertz CT molecular complexity index is 255. The van der Waals surface area contributed by atoms with Crippen molar-refractivity contribution in [3.8, 4) is 0 Å². The number of hydrogen-bond donors (Lipinski definition) is 0. The van der Waals surface area contributed by atoms with Gasteiger partial charge in [0.1, 0.15) is 0 Å². The van der Waals surface area contributed by atoms with Gasteiger partial charge in [0.2, 0.25) is 0 Å². The van der Waals surface area contributed by atoms with E-state index in [2.05, 4.69) is 29.2 Å². The van der Waals surface area contributed by atoms with Crippen molar-refractivity contribution in [2.45, 2.75) is 6.42 Å². The van der Waals surface area contributed by atoms with Crippen molar-refractivity contribution in [3.05, 3.63) is 36.8 Å². The molecule has 1 aromatic carbocycles. The van der Waals surface area contributed by atoms with E-state index in [1.807, 2.05) is 0 Å². The molecule has 1 heteroatoms. The van der Waals surface area contributed by atoms with E-state index in [4.69, 9.17) is 6.92 Å². The zero-order valence-electron chi connectivity index (χ0n) is 6.46. The first-order chi connectivity index (χ1) is 5.42. The van der Waals surface area contributed by atoms with Crippen LogP contribution in [0.3, 0.4) is 0 Å². The highest BCUT2D eigenvalue weighted by Gasteiger charge is 2.15. The molecule has 0 spiro atoms. The van der Waals surface area contributed by atoms with Gasteiger partial charge < -0.3 is 4.90 Å². The SMILES string of the molecule is [CH]CN1CCc2ccccc21. The van der Waals surface area contributed by atoms with Gasteiger partial charge in [-0.1, -0.05) is 18.2 Å². The standard InChI is InChI=1S/C10H11N/c1-2-11-8-7-9-5-3-4-6-10(9)11/h1,3-6H,2,7-8H2. The maximum absolute atomic E-state index is 5.57. The molecule has 0 saturated carbocycles. The minimum atomic E-state index is 0.636. The molecule has 2 rings (SSSR count). The summed E-state index contributed by atoms with van der Waals surface area (Å²) in [6, 6.07) is 8.45. The van der Waals surface area contributed by atoms with Crippen molar-refractivity contribution >= 4 is 5.69 Å². The molecule has 0 saturated heterocycles. The third kappa shape index (κ3) is 1.01. The zero-order chi connectivity index (χ0) is 7.68. The molecule has 1 nitrogen and oxygen atoms in total. The summed E-state index contributed by atoms with van der Waals surface area (Å²) in [5.74, 6) is 0. The van der Waals surface area contributed by atoms with Crippen LogP contribution in [0.25, 0.3) is 0 Å². The Balaban J connectivity index is 2.39. The van der Waals surface area contributed by atoms with Gasteiger partial charge in [-0.05, 0) is 25.0 Å². The predicted octanol–water partition coefficient (Wildman–Crippen LogP) is 1.76. The molecule has 1 aliphatic heterocycles. The Morgan fingerprint density at radius 2 is 2.18 bits per heavy atom. The molecule has 2 radical (unpaired) electrons. The summed E-state index contributed by atoms with van der Waals surface area (Å²) >= 11 is 0. The largest absolute Gasteiger partial charge is 0.371 e. The van der Waals surface area contributed by atoms with Gasteiger partial charge in [0, 0.05) is 18.8 Å². The Labute approximate surface area is 67.6 Å². The third-order valence-electron chi connectivity index (χ3n) is 2.20. The van der Waals surface area contributed by atoms with Crippen molar-refractivity contribution in [2.75, 3.05) is 18.0 Å². The minimum Gasteiger partial charge on any atom is -0.371 e. The maximum atomic E-state index is 5.57. The Morgan fingerprint density at radius 1 is 1.36 bits per heavy atom. The molecule has 0 bridgehead atoms. The summed E-state index contributed by atoms with van der Waals surface area (Å²) in [5, 5.41) is 0. The fraction of sp³-hybridized carbons (Fsp3) is 0.300. The van der Waals surface area contributed by atoms with Gasteiger partial charge in [-0.2, -0.15) is 0 Å². The number of para-hydroxylation sites is 1. The van der Waals surface area contributed by atoms with E-state index < -0.39 is 0 Å². The van der Waals surface area contributed by atoms with E-state index in [-0.39, 0.29) is 0 Å². The normalized spacial score (nSPS) is 15.2. The predicted molar refractivity (Wildman–Crippen MR) is 46.7 cm³/mol. The van der Waals surface area contributed by atoms with Gasteiger partial charge >= 0.3 is 0 Å². The van der Waals surface area contributed by atoms with Crippen molar-refractivity contribution in [2.24, 2.45) is 0 Å². The van der Waals surface area contributed by atoms with Crippen LogP contribution in [0.1, 0.15) is 5.56 Å². The molecule has 56 valence electrons. The molecule has 1 aromatic rings. The molecule has 0 unspecified atom stereocenters. The average Bonchev–Trinajstić information content (AvgIpc) is 2.47. The fourth-order valence-electron chi connectivity index (χ4n) is 1.60. The summed E-state index contributed by atoms with van der Waals surface area (Å²) in [6.45, 7) is 7.29. The van der Waals surface area contributed by atoms with Crippen molar-refractivity contribution in [1.82, 2.24) is 0 Å². The number of nitrogens with zero attached hydrogens (tertiary/aromatic N) is 1. The van der Waals surface area contributed by atoms with Gasteiger partial charge in [-0.3, -0.25) is 0 Å². The first-order valence-corrected chi connectivity index (χ1v) is 3.95. The van der Waals surface area contributed by atoms with Crippen LogP contribution in [0.2, 0.25) is 0 Å². The Kier molecular flexibility index (Phi) is 1.57. The molecule has 0 atom stereocenters. The molecule has 0 N–H and O–H groups in total. The fourth-order valence-corrected chi connectivity index (χ4v) is 1.60. The Hall–Kier alpha value is -0.980. The second-order valence-corrected chi connectivity index (χ2v) is 2.82. The molecule has 1 heterocycles. The molecule has 0 amide bonds. The van der Waals surface area contributed by atoms with Crippen molar-refractivity contribution in [1.29, 1.82) is 0 Å². The number of fused-ring (bicyclic) bond motifs is 1. The highest BCUT2D eigenvalue weighted by molar-refractivity contribution is 5.57. The van der Waals surface area contributed by atoms with Crippen LogP contribution >= 0.6 is 0 Å². The van der Waals surface area contributed by atoms with E-state index in [1.54, 1.807) is 0 Å². The summed E-state index contributed by atoms with van der Waals surface area (Å²) in [7, 11) is 0. The molecular weight excluding hydrogens is 134 g/mol. The van der Waals surface area contributed by atoms with Crippen LogP contribution in [-0.4, -0.2) is 13.1 Å². The first kappa shape index (κ1) is 6.71.